The van der Waals surface area contributed by atoms with Crippen LogP contribution in [0.25, 0.3) is 0 Å². The third-order valence-electron chi connectivity index (χ3n) is 4.35. The first-order valence-electron chi connectivity index (χ1n) is 8.87. The molecule has 1 fully saturated rings. The summed E-state index contributed by atoms with van der Waals surface area (Å²) in [6, 6.07) is 14.9. The van der Waals surface area contributed by atoms with E-state index < -0.39 is 0 Å². The Morgan fingerprint density at radius 1 is 1.04 bits per heavy atom. The third-order valence-corrected chi connectivity index (χ3v) is 4.35. The third kappa shape index (κ3) is 4.79. The summed E-state index contributed by atoms with van der Waals surface area (Å²) in [4.78, 5) is 23.8. The largest absolute Gasteiger partial charge is 0.326 e. The average molecular weight is 349 g/mol. The lowest BCUT2D eigenvalue weighted by molar-refractivity contribution is -0.117. The van der Waals surface area contributed by atoms with E-state index in [4.69, 9.17) is 0 Å². The number of nitrogens with zero attached hydrogens (tertiary/aromatic N) is 1. The zero-order valence-electron chi connectivity index (χ0n) is 15.0. The van der Waals surface area contributed by atoms with Gasteiger partial charge in [0.05, 0.1) is 6.21 Å². The van der Waals surface area contributed by atoms with Gasteiger partial charge in [-0.2, -0.15) is 5.10 Å². The number of hydrogen-bond acceptors (Lipinski definition) is 3. The van der Waals surface area contributed by atoms with Gasteiger partial charge in [-0.05, 0) is 54.2 Å². The molecule has 1 aliphatic carbocycles. The van der Waals surface area contributed by atoms with Gasteiger partial charge in [0, 0.05) is 17.2 Å². The predicted molar refractivity (Wildman–Crippen MR) is 103 cm³/mol. The Hall–Kier alpha value is -2.95. The molecule has 0 spiro atoms. The van der Waals surface area contributed by atoms with Crippen LogP contribution in [-0.2, 0) is 4.79 Å². The molecule has 0 bridgehead atoms. The molecular formula is C21H23N3O2. The number of nitrogens with one attached hydrogen (secondary N) is 2. The maximum atomic E-state index is 12.1. The molecule has 0 saturated heterocycles. The molecule has 2 amide bonds. The number of benzene rings is 2. The molecule has 26 heavy (non-hydrogen) atoms. The lowest BCUT2D eigenvalue weighted by Gasteiger charge is -2.05. The normalized spacial score (nSPS) is 13.8. The number of amides is 2. The Bertz CT molecular complexity index is 804. The van der Waals surface area contributed by atoms with Crippen LogP contribution >= 0.6 is 0 Å². The lowest BCUT2D eigenvalue weighted by Crippen LogP contribution is -2.18. The quantitative estimate of drug-likeness (QED) is 0.613. The minimum Gasteiger partial charge on any atom is -0.326 e. The van der Waals surface area contributed by atoms with Crippen LogP contribution in [0.2, 0.25) is 0 Å². The maximum absolute atomic E-state index is 12.1. The Labute approximate surface area is 153 Å². The van der Waals surface area contributed by atoms with Crippen molar-refractivity contribution in [3.63, 3.8) is 0 Å². The number of carbonyl (C=O) groups excluding carboxylic acids is 2. The van der Waals surface area contributed by atoms with Crippen molar-refractivity contribution in [2.45, 2.75) is 32.6 Å². The SMILES string of the molecule is CC(C)c1ccc(/C=N/NC(=O)c2ccc(NC(=O)C3CC3)cc2)cc1. The molecule has 2 N–H and O–H groups in total. The molecule has 0 aromatic heterocycles. The van der Waals surface area contributed by atoms with E-state index in [1.54, 1.807) is 30.5 Å². The summed E-state index contributed by atoms with van der Waals surface area (Å²) in [5.41, 5.74) is 5.89. The fraction of sp³-hybridized carbons (Fsp3) is 0.286. The van der Waals surface area contributed by atoms with E-state index in [2.05, 4.69) is 41.8 Å². The second-order valence-electron chi connectivity index (χ2n) is 6.86. The average Bonchev–Trinajstić information content (AvgIpc) is 3.48. The van der Waals surface area contributed by atoms with Gasteiger partial charge in [0.15, 0.2) is 0 Å². The number of rotatable bonds is 6. The molecule has 1 aliphatic rings. The highest BCUT2D eigenvalue weighted by atomic mass is 16.2. The van der Waals surface area contributed by atoms with Gasteiger partial charge in [0.2, 0.25) is 5.91 Å². The summed E-state index contributed by atoms with van der Waals surface area (Å²) >= 11 is 0. The molecule has 5 nitrogen and oxygen atoms in total. The number of anilines is 1. The van der Waals surface area contributed by atoms with Gasteiger partial charge < -0.3 is 5.32 Å². The summed E-state index contributed by atoms with van der Waals surface area (Å²) in [5.74, 6) is 0.398. The molecule has 3 rings (SSSR count). The van der Waals surface area contributed by atoms with Crippen molar-refractivity contribution >= 4 is 23.7 Å². The molecule has 5 heteroatoms. The molecule has 0 aliphatic heterocycles. The van der Waals surface area contributed by atoms with Crippen molar-refractivity contribution in [3.05, 3.63) is 65.2 Å². The van der Waals surface area contributed by atoms with Gasteiger partial charge in [-0.3, -0.25) is 9.59 Å². The highest BCUT2D eigenvalue weighted by molar-refractivity contribution is 5.97. The van der Waals surface area contributed by atoms with Gasteiger partial charge in [-0.15, -0.1) is 0 Å². The smallest absolute Gasteiger partial charge is 0.271 e. The predicted octanol–water partition coefficient (Wildman–Crippen LogP) is 3.92. The second kappa shape index (κ2) is 7.95. The van der Waals surface area contributed by atoms with Gasteiger partial charge in [0.1, 0.15) is 0 Å². The molecule has 2 aromatic carbocycles. The second-order valence-corrected chi connectivity index (χ2v) is 6.86. The van der Waals surface area contributed by atoms with Gasteiger partial charge in [-0.1, -0.05) is 38.1 Å². The highest BCUT2D eigenvalue weighted by Crippen LogP contribution is 2.30. The van der Waals surface area contributed by atoms with Gasteiger partial charge in [0.25, 0.3) is 5.91 Å². The topological polar surface area (TPSA) is 70.6 Å². The van der Waals surface area contributed by atoms with Crippen molar-refractivity contribution in [1.82, 2.24) is 5.43 Å². The van der Waals surface area contributed by atoms with E-state index in [1.165, 1.54) is 5.56 Å². The lowest BCUT2D eigenvalue weighted by atomic mass is 10.0. The molecule has 0 radical (unpaired) electrons. The fourth-order valence-electron chi connectivity index (χ4n) is 2.49. The molecule has 134 valence electrons. The van der Waals surface area contributed by atoms with Crippen LogP contribution in [-0.4, -0.2) is 18.0 Å². The summed E-state index contributed by atoms with van der Waals surface area (Å²) in [7, 11) is 0. The van der Waals surface area contributed by atoms with Crippen molar-refractivity contribution in [2.75, 3.05) is 5.32 Å². The number of hydrazone groups is 1. The standard InChI is InChI=1S/C21H23N3O2/c1-14(2)16-5-3-15(4-6-16)13-22-24-21(26)18-9-11-19(12-10-18)23-20(25)17-7-8-17/h3-6,9-14,17H,7-8H2,1-2H3,(H,23,25)(H,24,26)/b22-13+. The minimum absolute atomic E-state index is 0.0512. The van der Waals surface area contributed by atoms with Crippen LogP contribution in [0.4, 0.5) is 5.69 Å². The first kappa shape index (κ1) is 17.9. The van der Waals surface area contributed by atoms with Crippen LogP contribution in [0.15, 0.2) is 53.6 Å². The van der Waals surface area contributed by atoms with E-state index >= 15 is 0 Å². The van der Waals surface area contributed by atoms with E-state index in [-0.39, 0.29) is 17.7 Å². The molecule has 1 saturated carbocycles. The van der Waals surface area contributed by atoms with E-state index in [0.717, 1.165) is 18.4 Å². The minimum atomic E-state index is -0.292. The van der Waals surface area contributed by atoms with Crippen LogP contribution < -0.4 is 10.7 Å². The Morgan fingerprint density at radius 3 is 2.27 bits per heavy atom. The first-order chi connectivity index (χ1) is 12.5. The van der Waals surface area contributed by atoms with Crippen LogP contribution in [0, 0.1) is 5.92 Å². The first-order valence-corrected chi connectivity index (χ1v) is 8.87. The fourth-order valence-corrected chi connectivity index (χ4v) is 2.49. The van der Waals surface area contributed by atoms with Crippen LogP contribution in [0.3, 0.4) is 0 Å². The maximum Gasteiger partial charge on any atom is 0.271 e. The van der Waals surface area contributed by atoms with Crippen LogP contribution in [0.1, 0.15) is 54.1 Å². The summed E-state index contributed by atoms with van der Waals surface area (Å²) in [6.45, 7) is 4.29. The molecule has 2 aromatic rings. The zero-order valence-corrected chi connectivity index (χ0v) is 15.0. The van der Waals surface area contributed by atoms with E-state index in [0.29, 0.717) is 17.2 Å². The molecule has 0 heterocycles. The molecule has 0 atom stereocenters. The van der Waals surface area contributed by atoms with Gasteiger partial charge in [-0.25, -0.2) is 5.43 Å². The van der Waals surface area contributed by atoms with E-state index in [9.17, 15) is 9.59 Å². The molecular weight excluding hydrogens is 326 g/mol. The van der Waals surface area contributed by atoms with Crippen LogP contribution in [0.5, 0.6) is 0 Å². The Balaban J connectivity index is 1.53. The van der Waals surface area contributed by atoms with Crippen molar-refractivity contribution in [1.29, 1.82) is 0 Å². The Kier molecular flexibility index (Phi) is 5.46. The number of hydrogen-bond donors (Lipinski definition) is 2. The summed E-state index contributed by atoms with van der Waals surface area (Å²) < 4.78 is 0. The van der Waals surface area contributed by atoms with Crippen molar-refractivity contribution in [3.8, 4) is 0 Å². The zero-order chi connectivity index (χ0) is 18.5. The summed E-state index contributed by atoms with van der Waals surface area (Å²) in [6.07, 6.45) is 3.54. The monoisotopic (exact) mass is 349 g/mol. The number of carbonyl (C=O) groups is 2. The van der Waals surface area contributed by atoms with Crippen molar-refractivity contribution in [2.24, 2.45) is 11.0 Å². The molecule has 0 unspecified atom stereocenters. The highest BCUT2D eigenvalue weighted by Gasteiger charge is 2.29. The van der Waals surface area contributed by atoms with Gasteiger partial charge >= 0.3 is 0 Å². The summed E-state index contributed by atoms with van der Waals surface area (Å²) in [5, 5.41) is 6.85. The van der Waals surface area contributed by atoms with E-state index in [1.807, 2.05) is 12.1 Å². The Morgan fingerprint density at radius 2 is 1.69 bits per heavy atom. The van der Waals surface area contributed by atoms with Crippen molar-refractivity contribution < 1.29 is 9.59 Å².